The predicted molar refractivity (Wildman–Crippen MR) is 112 cm³/mol. The Labute approximate surface area is 171 Å². The normalized spacial score (nSPS) is 14.4. The highest BCUT2D eigenvalue weighted by Gasteiger charge is 2.29. The number of anilines is 2. The number of nitrogens with one attached hydrogen (secondary N) is 1. The van der Waals surface area contributed by atoms with Crippen molar-refractivity contribution in [1.82, 2.24) is 14.8 Å². The molecule has 1 aromatic carbocycles. The van der Waals surface area contributed by atoms with E-state index in [4.69, 9.17) is 4.74 Å². The molecule has 7 heteroatoms. The number of benzene rings is 1. The van der Waals surface area contributed by atoms with E-state index in [1.165, 1.54) is 0 Å². The summed E-state index contributed by atoms with van der Waals surface area (Å²) in [6.45, 7) is 3.70. The minimum absolute atomic E-state index is 0.00982. The fourth-order valence-corrected chi connectivity index (χ4v) is 3.48. The lowest BCUT2D eigenvalue weighted by molar-refractivity contribution is -0.134. The van der Waals surface area contributed by atoms with E-state index in [-0.39, 0.29) is 17.7 Å². The molecule has 154 valence electrons. The quantitative estimate of drug-likeness (QED) is 0.812. The highest BCUT2D eigenvalue weighted by atomic mass is 16.5. The van der Waals surface area contributed by atoms with Crippen molar-refractivity contribution in [3.05, 3.63) is 48.2 Å². The number of ether oxygens (including phenoxy) is 1. The molecule has 1 aliphatic rings. The van der Waals surface area contributed by atoms with E-state index in [1.54, 1.807) is 42.2 Å². The minimum Gasteiger partial charge on any atom is -0.494 e. The third kappa shape index (κ3) is 5.04. The molecule has 0 saturated carbocycles. The molecule has 1 fully saturated rings. The molecule has 0 unspecified atom stereocenters. The Morgan fingerprint density at radius 2 is 1.86 bits per heavy atom. The van der Waals surface area contributed by atoms with Gasteiger partial charge in [-0.15, -0.1) is 0 Å². The van der Waals surface area contributed by atoms with Gasteiger partial charge in [0, 0.05) is 45.0 Å². The molecule has 0 bridgehead atoms. The second-order valence-corrected chi connectivity index (χ2v) is 7.28. The summed E-state index contributed by atoms with van der Waals surface area (Å²) in [5.41, 5.74) is 1.36. The number of carbonyl (C=O) groups excluding carboxylic acids is 2. The van der Waals surface area contributed by atoms with Gasteiger partial charge in [0.1, 0.15) is 11.6 Å². The van der Waals surface area contributed by atoms with Crippen LogP contribution >= 0.6 is 0 Å². The van der Waals surface area contributed by atoms with Crippen molar-refractivity contribution < 1.29 is 14.3 Å². The molecule has 1 N–H and O–H groups in total. The van der Waals surface area contributed by atoms with Gasteiger partial charge in [-0.3, -0.25) is 9.59 Å². The van der Waals surface area contributed by atoms with E-state index in [0.717, 1.165) is 11.4 Å². The molecule has 2 heterocycles. The Bertz CT molecular complexity index is 843. The van der Waals surface area contributed by atoms with Gasteiger partial charge in [-0.1, -0.05) is 0 Å². The molecular formula is C22H28N4O3. The molecule has 7 nitrogen and oxygen atoms in total. The number of likely N-dealkylation sites (tertiary alicyclic amines) is 1. The average Bonchev–Trinajstić information content (AvgIpc) is 2.75. The maximum Gasteiger partial charge on any atom is 0.257 e. The number of hydrogen-bond acceptors (Lipinski definition) is 5. The molecule has 29 heavy (non-hydrogen) atoms. The van der Waals surface area contributed by atoms with Crippen LogP contribution < -0.4 is 10.1 Å². The van der Waals surface area contributed by atoms with Crippen molar-refractivity contribution >= 4 is 23.3 Å². The Morgan fingerprint density at radius 1 is 1.17 bits per heavy atom. The van der Waals surface area contributed by atoms with Crippen LogP contribution in [0.4, 0.5) is 11.5 Å². The van der Waals surface area contributed by atoms with Gasteiger partial charge in [0.25, 0.3) is 5.91 Å². The molecule has 1 aliphatic heterocycles. The molecule has 2 aromatic rings. The lowest BCUT2D eigenvalue weighted by Gasteiger charge is -2.32. The van der Waals surface area contributed by atoms with Gasteiger partial charge in [-0.2, -0.15) is 0 Å². The van der Waals surface area contributed by atoms with E-state index in [2.05, 4.69) is 10.3 Å². The standard InChI is InChI=1S/C22H28N4O3/c1-4-29-18-9-7-17(8-10-18)24-20-19(6-5-13-23-20)22(28)26-14-11-16(12-15-26)21(27)25(2)3/h5-10,13,16H,4,11-12,14-15H2,1-3H3,(H,23,24). The van der Waals surface area contributed by atoms with Crippen LogP contribution in [0.3, 0.4) is 0 Å². The minimum atomic E-state index is -0.0673. The Morgan fingerprint density at radius 3 is 2.48 bits per heavy atom. The SMILES string of the molecule is CCOc1ccc(Nc2ncccc2C(=O)N2CCC(C(=O)N(C)C)CC2)cc1. The summed E-state index contributed by atoms with van der Waals surface area (Å²) < 4.78 is 5.46. The summed E-state index contributed by atoms with van der Waals surface area (Å²) in [7, 11) is 3.54. The van der Waals surface area contributed by atoms with Gasteiger partial charge >= 0.3 is 0 Å². The third-order valence-corrected chi connectivity index (χ3v) is 5.04. The van der Waals surface area contributed by atoms with Crippen molar-refractivity contribution in [1.29, 1.82) is 0 Å². The first-order chi connectivity index (χ1) is 14.0. The summed E-state index contributed by atoms with van der Waals surface area (Å²) in [5, 5.41) is 3.23. The lowest BCUT2D eigenvalue weighted by atomic mass is 9.95. The van der Waals surface area contributed by atoms with Crippen molar-refractivity contribution in [2.24, 2.45) is 5.92 Å². The topological polar surface area (TPSA) is 74.8 Å². The fraction of sp³-hybridized carbons (Fsp3) is 0.409. The largest absolute Gasteiger partial charge is 0.494 e. The number of aromatic nitrogens is 1. The first-order valence-corrected chi connectivity index (χ1v) is 9.95. The molecule has 1 saturated heterocycles. The number of carbonyl (C=O) groups is 2. The van der Waals surface area contributed by atoms with Gasteiger partial charge in [0.15, 0.2) is 0 Å². The smallest absolute Gasteiger partial charge is 0.257 e. The summed E-state index contributed by atoms with van der Waals surface area (Å²) in [4.78, 5) is 33.0. The van der Waals surface area contributed by atoms with Gasteiger partial charge in [0.05, 0.1) is 12.2 Å². The van der Waals surface area contributed by atoms with E-state index < -0.39 is 0 Å². The van der Waals surface area contributed by atoms with Crippen molar-refractivity contribution in [3.63, 3.8) is 0 Å². The average molecular weight is 396 g/mol. The second kappa shape index (κ2) is 9.41. The third-order valence-electron chi connectivity index (χ3n) is 5.04. The molecule has 0 aliphatic carbocycles. The summed E-state index contributed by atoms with van der Waals surface area (Å²) in [6.07, 6.45) is 3.03. The number of pyridine rings is 1. The van der Waals surface area contributed by atoms with Crippen LogP contribution in [0, 0.1) is 5.92 Å². The summed E-state index contributed by atoms with van der Waals surface area (Å²) in [5.74, 6) is 1.38. The Hall–Kier alpha value is -3.09. The van der Waals surface area contributed by atoms with E-state index in [9.17, 15) is 9.59 Å². The van der Waals surface area contributed by atoms with Gasteiger partial charge in [-0.25, -0.2) is 4.98 Å². The molecule has 0 spiro atoms. The molecule has 0 radical (unpaired) electrons. The highest BCUT2D eigenvalue weighted by Crippen LogP contribution is 2.25. The van der Waals surface area contributed by atoms with Gasteiger partial charge in [-0.05, 0) is 56.2 Å². The number of amides is 2. The lowest BCUT2D eigenvalue weighted by Crippen LogP contribution is -2.42. The van der Waals surface area contributed by atoms with Crippen LogP contribution in [0.5, 0.6) is 5.75 Å². The van der Waals surface area contributed by atoms with Crippen LogP contribution in [0.1, 0.15) is 30.1 Å². The van der Waals surface area contributed by atoms with Crippen molar-refractivity contribution in [3.8, 4) is 5.75 Å². The van der Waals surface area contributed by atoms with E-state index in [1.807, 2.05) is 31.2 Å². The maximum absolute atomic E-state index is 13.1. The number of piperidine rings is 1. The first-order valence-electron chi connectivity index (χ1n) is 9.95. The fourth-order valence-electron chi connectivity index (χ4n) is 3.48. The Kier molecular flexibility index (Phi) is 6.69. The Balaban J connectivity index is 1.68. The van der Waals surface area contributed by atoms with Crippen LogP contribution in [0.15, 0.2) is 42.6 Å². The molecule has 0 atom stereocenters. The highest BCUT2D eigenvalue weighted by molar-refractivity contribution is 5.99. The van der Waals surface area contributed by atoms with E-state index in [0.29, 0.717) is 43.9 Å². The first kappa shape index (κ1) is 20.6. The maximum atomic E-state index is 13.1. The van der Waals surface area contributed by atoms with E-state index >= 15 is 0 Å². The van der Waals surface area contributed by atoms with Gasteiger partial charge in [0.2, 0.25) is 5.91 Å². The number of hydrogen-bond donors (Lipinski definition) is 1. The van der Waals surface area contributed by atoms with Crippen LogP contribution in [-0.4, -0.2) is 60.4 Å². The molecule has 1 aromatic heterocycles. The monoisotopic (exact) mass is 396 g/mol. The van der Waals surface area contributed by atoms with Crippen LogP contribution in [-0.2, 0) is 4.79 Å². The summed E-state index contributed by atoms with van der Waals surface area (Å²) >= 11 is 0. The van der Waals surface area contributed by atoms with Crippen molar-refractivity contribution in [2.45, 2.75) is 19.8 Å². The zero-order chi connectivity index (χ0) is 20.8. The predicted octanol–water partition coefficient (Wildman–Crippen LogP) is 3.16. The number of nitrogens with zero attached hydrogens (tertiary/aromatic N) is 3. The molecular weight excluding hydrogens is 368 g/mol. The zero-order valence-electron chi connectivity index (χ0n) is 17.2. The molecule has 3 rings (SSSR count). The van der Waals surface area contributed by atoms with Crippen LogP contribution in [0.25, 0.3) is 0 Å². The summed E-state index contributed by atoms with van der Waals surface area (Å²) in [6, 6.07) is 11.1. The zero-order valence-corrected chi connectivity index (χ0v) is 17.2. The molecule has 2 amide bonds. The van der Waals surface area contributed by atoms with Crippen molar-refractivity contribution in [2.75, 3.05) is 39.1 Å². The van der Waals surface area contributed by atoms with Crippen LogP contribution in [0.2, 0.25) is 0 Å². The second-order valence-electron chi connectivity index (χ2n) is 7.28. The number of rotatable bonds is 6. The van der Waals surface area contributed by atoms with Gasteiger partial charge < -0.3 is 19.9 Å².